The van der Waals surface area contributed by atoms with Crippen molar-refractivity contribution in [1.29, 1.82) is 0 Å². The van der Waals surface area contributed by atoms with Gasteiger partial charge in [0.1, 0.15) is 5.69 Å². The summed E-state index contributed by atoms with van der Waals surface area (Å²) < 4.78 is 29.6. The van der Waals surface area contributed by atoms with Crippen LogP contribution >= 0.6 is 7.60 Å². The van der Waals surface area contributed by atoms with Crippen LogP contribution in [-0.2, 0) is 18.3 Å². The third-order valence-electron chi connectivity index (χ3n) is 3.13. The number of nitrogens with zero attached hydrogens (tertiary/aromatic N) is 2. The molecule has 0 aliphatic rings. The summed E-state index contributed by atoms with van der Waals surface area (Å²) in [5.41, 5.74) is 1.81. The van der Waals surface area contributed by atoms with E-state index in [9.17, 15) is 14.2 Å². The molecule has 0 aromatic carbocycles. The van der Waals surface area contributed by atoms with Crippen LogP contribution in [0.25, 0.3) is 11.4 Å². The highest BCUT2D eigenvalue weighted by molar-refractivity contribution is 7.62. The van der Waals surface area contributed by atoms with E-state index in [4.69, 9.17) is 13.8 Å². The number of pyridine rings is 1. The minimum Gasteiger partial charge on any atom is -0.449 e. The molecule has 26 heavy (non-hydrogen) atoms. The topological polar surface area (TPSA) is 125 Å². The van der Waals surface area contributed by atoms with Gasteiger partial charge in [-0.1, -0.05) is 6.07 Å². The summed E-state index contributed by atoms with van der Waals surface area (Å²) in [6, 6.07) is 5.01. The fraction of sp³-hybridized carbons (Fsp3) is 0.400. The van der Waals surface area contributed by atoms with Crippen LogP contribution in [0.4, 0.5) is 4.79 Å². The third-order valence-corrected chi connectivity index (χ3v) is 5.27. The Balaban J connectivity index is 2.68. The van der Waals surface area contributed by atoms with E-state index in [0.717, 1.165) is 4.68 Å². The van der Waals surface area contributed by atoms with Crippen molar-refractivity contribution in [2.24, 2.45) is 0 Å². The molecule has 0 aliphatic carbocycles. The van der Waals surface area contributed by atoms with Gasteiger partial charge >= 0.3 is 19.4 Å². The Hall–Kier alpha value is -2.42. The predicted molar refractivity (Wildman–Crippen MR) is 95.2 cm³/mol. The second kappa shape index (κ2) is 8.79. The van der Waals surface area contributed by atoms with E-state index in [1.54, 1.807) is 39.0 Å². The fourth-order valence-electron chi connectivity index (χ4n) is 2.23. The van der Waals surface area contributed by atoms with Crippen LogP contribution in [0.15, 0.2) is 29.2 Å². The molecular weight excluding hydrogens is 363 g/mol. The minimum absolute atomic E-state index is 0.0672. The summed E-state index contributed by atoms with van der Waals surface area (Å²) in [6.45, 7) is 5.13. The summed E-state index contributed by atoms with van der Waals surface area (Å²) in [7, 11) is -3.95. The number of hydrogen-bond acceptors (Lipinski definition) is 7. The van der Waals surface area contributed by atoms with Crippen molar-refractivity contribution in [2.75, 3.05) is 25.2 Å². The number of amides is 1. The Morgan fingerprint density at radius 3 is 2.46 bits per heavy atom. The van der Waals surface area contributed by atoms with Crippen LogP contribution in [0.1, 0.15) is 20.8 Å². The smallest absolute Gasteiger partial charge is 0.426 e. The van der Waals surface area contributed by atoms with Gasteiger partial charge in [0.2, 0.25) is 0 Å². The van der Waals surface area contributed by atoms with Gasteiger partial charge in [-0.25, -0.2) is 15.0 Å². The number of hydrogen-bond donors (Lipinski definition) is 2. The first-order chi connectivity index (χ1) is 12.5. The minimum atomic E-state index is -3.95. The maximum Gasteiger partial charge on any atom is 0.426 e. The van der Waals surface area contributed by atoms with Crippen LogP contribution in [0.5, 0.6) is 0 Å². The average molecular weight is 384 g/mol. The number of imidazole rings is 1. The predicted octanol–water partition coefficient (Wildman–Crippen LogP) is 1.83. The van der Waals surface area contributed by atoms with Gasteiger partial charge in [0.25, 0.3) is 0 Å². The Labute approximate surface area is 150 Å². The highest BCUT2D eigenvalue weighted by Crippen LogP contribution is 2.48. The first-order valence-corrected chi connectivity index (χ1v) is 9.61. The molecule has 2 aromatic heterocycles. The first-order valence-electron chi connectivity index (χ1n) is 8.06. The van der Waals surface area contributed by atoms with Crippen molar-refractivity contribution in [3.8, 4) is 11.4 Å². The van der Waals surface area contributed by atoms with E-state index in [1.807, 2.05) is 0 Å². The lowest BCUT2D eigenvalue weighted by Crippen LogP contribution is -2.39. The number of carbonyl (C=O) groups is 1. The Morgan fingerprint density at radius 2 is 1.92 bits per heavy atom. The highest BCUT2D eigenvalue weighted by atomic mass is 31.2. The van der Waals surface area contributed by atoms with Gasteiger partial charge in [-0.05, 0) is 32.9 Å². The second-order valence-corrected chi connectivity index (χ2v) is 6.78. The van der Waals surface area contributed by atoms with Crippen molar-refractivity contribution in [3.63, 3.8) is 0 Å². The van der Waals surface area contributed by atoms with Gasteiger partial charge in [0, 0.05) is 6.20 Å². The van der Waals surface area contributed by atoms with Crippen LogP contribution in [0, 0.1) is 0 Å². The highest BCUT2D eigenvalue weighted by Gasteiger charge is 2.37. The quantitative estimate of drug-likeness (QED) is 0.665. The van der Waals surface area contributed by atoms with Gasteiger partial charge in [-0.3, -0.25) is 9.55 Å². The summed E-state index contributed by atoms with van der Waals surface area (Å²) in [6.07, 6.45) is 0.627. The van der Waals surface area contributed by atoms with Crippen molar-refractivity contribution < 1.29 is 23.1 Å². The molecule has 142 valence electrons. The van der Waals surface area contributed by atoms with E-state index in [1.165, 1.54) is 6.20 Å². The Bertz CT molecular complexity index is 838. The molecule has 0 fully saturated rings. The van der Waals surface area contributed by atoms with E-state index >= 15 is 0 Å². The molecule has 2 rings (SSSR count). The van der Waals surface area contributed by atoms with Gasteiger partial charge in [-0.2, -0.15) is 4.68 Å². The average Bonchev–Trinajstić information content (AvgIpc) is 2.93. The van der Waals surface area contributed by atoms with Crippen molar-refractivity contribution in [3.05, 3.63) is 34.9 Å². The molecule has 0 saturated carbocycles. The zero-order chi connectivity index (χ0) is 19.2. The SMILES string of the molecule is CCOC(=O)Nn1c(P(=O)(OCC)OCC)c(-c2ccccn2)[nH]c1=O. The number of H-pyrrole nitrogens is 1. The number of ether oxygens (including phenoxy) is 1. The normalized spacial score (nSPS) is 11.3. The molecule has 2 heterocycles. The van der Waals surface area contributed by atoms with Crippen LogP contribution < -0.4 is 16.6 Å². The maximum absolute atomic E-state index is 13.3. The number of carbonyl (C=O) groups excluding carboxylic acids is 1. The molecule has 0 aliphatic heterocycles. The number of aromatic nitrogens is 3. The lowest BCUT2D eigenvalue weighted by molar-refractivity contribution is 0.164. The van der Waals surface area contributed by atoms with E-state index < -0.39 is 19.4 Å². The van der Waals surface area contributed by atoms with E-state index in [-0.39, 0.29) is 30.9 Å². The molecular formula is C15H21N4O6P. The standard InChI is InChI=1S/C15H21N4O6P/c1-4-23-15(21)18-19-13(26(22,24-5-2)25-6-3)12(17-14(19)20)11-9-7-8-10-16-11/h7-10H,4-6H2,1-3H3,(H,17,20)(H,18,21). The van der Waals surface area contributed by atoms with Gasteiger partial charge < -0.3 is 18.8 Å². The Kier molecular flexibility index (Phi) is 6.73. The molecule has 1 amide bonds. The third kappa shape index (κ3) is 4.21. The summed E-state index contributed by atoms with van der Waals surface area (Å²) >= 11 is 0. The van der Waals surface area contributed by atoms with Crippen LogP contribution in [0.3, 0.4) is 0 Å². The van der Waals surface area contributed by atoms with Crippen LogP contribution in [-0.4, -0.2) is 40.6 Å². The van der Waals surface area contributed by atoms with Crippen molar-refractivity contribution in [1.82, 2.24) is 14.6 Å². The summed E-state index contributed by atoms with van der Waals surface area (Å²) in [4.78, 5) is 30.9. The molecule has 0 saturated heterocycles. The van der Waals surface area contributed by atoms with Gasteiger partial charge in [-0.15, -0.1) is 0 Å². The lowest BCUT2D eigenvalue weighted by atomic mass is 10.3. The maximum atomic E-state index is 13.3. The zero-order valence-electron chi connectivity index (χ0n) is 14.7. The second-order valence-electron chi connectivity index (χ2n) is 4.84. The number of aromatic amines is 1. The summed E-state index contributed by atoms with van der Waals surface area (Å²) in [5, 5.41) is 0. The van der Waals surface area contributed by atoms with Gasteiger partial charge in [0.05, 0.1) is 25.5 Å². The largest absolute Gasteiger partial charge is 0.449 e. The Morgan fingerprint density at radius 1 is 1.23 bits per heavy atom. The first kappa shape index (κ1) is 19.9. The molecule has 0 spiro atoms. The lowest BCUT2D eigenvalue weighted by Gasteiger charge is -2.19. The number of nitrogens with one attached hydrogen (secondary N) is 2. The molecule has 11 heteroatoms. The van der Waals surface area contributed by atoms with Crippen molar-refractivity contribution in [2.45, 2.75) is 20.8 Å². The van der Waals surface area contributed by atoms with E-state index in [2.05, 4.69) is 15.4 Å². The van der Waals surface area contributed by atoms with Crippen molar-refractivity contribution >= 4 is 19.1 Å². The molecule has 2 aromatic rings. The molecule has 10 nitrogen and oxygen atoms in total. The summed E-state index contributed by atoms with van der Waals surface area (Å²) in [5.74, 6) is 0. The fourth-order valence-corrected chi connectivity index (χ4v) is 4.06. The molecule has 0 bridgehead atoms. The molecule has 0 atom stereocenters. The van der Waals surface area contributed by atoms with Crippen LogP contribution in [0.2, 0.25) is 0 Å². The molecule has 2 N–H and O–H groups in total. The molecule has 0 unspecified atom stereocenters. The van der Waals surface area contributed by atoms with E-state index in [0.29, 0.717) is 5.69 Å². The van der Waals surface area contributed by atoms with Gasteiger partial charge in [0.15, 0.2) is 5.44 Å². The molecule has 0 radical (unpaired) electrons. The number of rotatable bonds is 8. The zero-order valence-corrected chi connectivity index (χ0v) is 15.6. The monoisotopic (exact) mass is 384 g/mol.